The van der Waals surface area contributed by atoms with Gasteiger partial charge in [-0.2, -0.15) is 0 Å². The Labute approximate surface area is 707 Å². The van der Waals surface area contributed by atoms with Crippen LogP contribution in [0.25, 0.3) is 67.9 Å². The van der Waals surface area contributed by atoms with Gasteiger partial charge in [-0.25, -0.2) is 0 Å². The van der Waals surface area contributed by atoms with Crippen molar-refractivity contribution in [2.24, 2.45) is 0 Å². The third kappa shape index (κ3) is 19.1. The van der Waals surface area contributed by atoms with Crippen molar-refractivity contribution in [2.45, 2.75) is 90.1 Å². The van der Waals surface area contributed by atoms with Gasteiger partial charge in [-0.3, -0.25) is 33.8 Å². The van der Waals surface area contributed by atoms with Crippen LogP contribution in [0.1, 0.15) is 144 Å². The van der Waals surface area contributed by atoms with E-state index in [-0.39, 0.29) is 87.7 Å². The summed E-state index contributed by atoms with van der Waals surface area (Å²) in [5.41, 5.74) is 11.9. The molecule has 0 atom stereocenters. The first kappa shape index (κ1) is 84.2. The normalized spacial score (nSPS) is 16.5. The van der Waals surface area contributed by atoms with Crippen LogP contribution in [0.3, 0.4) is 0 Å². The number of hydrogen-bond acceptors (Lipinski definition) is 20. The fourth-order valence-corrected chi connectivity index (χ4v) is 16.3. The third-order valence-corrected chi connectivity index (χ3v) is 23.0. The SMILES string of the molecule is CN(C)CCCN(C)Cc1c(O)ccc2c1O/C(=C\c1c[nH]c3ccccc13)C2=O.CNCCCCCCCCN(C)Cc1c(O)ccc2c1O/C(=C\c1c[nH]c3ccccc13)C2=O.O=C1/C(=C/c2c[nH]c3ccccc23)Oc2c1ccc(O)c2CN1CCC(O)CC1.O=C1CN(Cc2c(O)ccc3c2O/C(=C\c2c[nH]c4ccccc24)C3=O)CCN1. The summed E-state index contributed by atoms with van der Waals surface area (Å²) in [6.07, 6.45) is 24.0. The Hall–Kier alpha value is -12.9. The minimum atomic E-state index is -0.259. The zero-order valence-electron chi connectivity index (χ0n) is 69.3. The number of aromatic hydroxyl groups is 4. The molecular formula is C97H103N11O14. The molecule has 0 spiro atoms. The van der Waals surface area contributed by atoms with E-state index < -0.39 is 0 Å². The van der Waals surface area contributed by atoms with Gasteiger partial charge >= 0.3 is 0 Å². The van der Waals surface area contributed by atoms with Crippen LogP contribution in [-0.4, -0.2) is 199 Å². The predicted molar refractivity (Wildman–Crippen MR) is 474 cm³/mol. The standard InChI is InChI=1S/C28H35N3O3.C24H27N3O3.C23H22N2O4.C22H19N3O4/c1-29-15-9-5-3-4-6-10-16-31(2)19-23-25(32)14-13-22-27(33)26(34-28(22)23)17-20-18-30-24-12-8-7-11-21(20)24;1-26(2)11-6-12-27(3)15-19-21(28)10-9-18-23(29)22(30-24(18)19)13-16-14-25-20-8-5-4-7-17(16)20;26-15-7-9-25(10-8-15)13-18-20(27)6-5-17-22(28)21(29-23(17)18)11-14-12-24-19-4-2-1-3-16(14)19;26-18-6-5-15-21(28)19(9-13-10-24-17-4-2-1-3-14(13)17)29-22(15)16(18)11-25-8-7-23-20(27)12-25/h7-8,11-14,17-18,29-30,32H,3-6,9-10,15-16,19H2,1-2H3;4-5,7-10,13-14,25,28H,6,11-12,15H2,1-3H3;1-6,11-12,15,24,26-27H,7-10,13H2;1-6,9-10,24,26H,7-8,11-12H2,(H,23,27)/b26-17-;22-13-;21-11-;19-9-. The number of phenolic OH excluding ortho intramolecular Hbond substituents is 4. The number of piperidine rings is 1. The Balaban J connectivity index is 0.000000127. The van der Waals surface area contributed by atoms with E-state index >= 15 is 0 Å². The highest BCUT2D eigenvalue weighted by Gasteiger charge is 2.37. The fraction of sp³-hybridized carbons (Fsp3) is 0.289. The number of hydrogen-bond donors (Lipinski definition) is 11. The molecule has 0 bridgehead atoms. The molecule has 11 N–H and O–H groups in total. The van der Waals surface area contributed by atoms with E-state index in [0.29, 0.717) is 120 Å². The molecule has 25 heteroatoms. The van der Waals surface area contributed by atoms with Gasteiger partial charge in [0.25, 0.3) is 0 Å². The number of aliphatic hydroxyl groups excluding tert-OH is 1. The van der Waals surface area contributed by atoms with Crippen LogP contribution in [-0.2, 0) is 31.0 Å². The van der Waals surface area contributed by atoms with Gasteiger partial charge < -0.3 is 89.7 Å². The van der Waals surface area contributed by atoms with Crippen molar-refractivity contribution in [1.29, 1.82) is 0 Å². The van der Waals surface area contributed by atoms with E-state index in [2.05, 4.69) is 64.3 Å². The number of amides is 1. The number of carbonyl (C=O) groups excluding carboxylic acids is 5. The number of para-hydroxylation sites is 4. The van der Waals surface area contributed by atoms with Gasteiger partial charge in [0, 0.05) is 143 Å². The van der Waals surface area contributed by atoms with Crippen molar-refractivity contribution >= 4 is 97.0 Å². The summed E-state index contributed by atoms with van der Waals surface area (Å²) in [5.74, 6) is 2.50. The second-order valence-corrected chi connectivity index (χ2v) is 32.1. The van der Waals surface area contributed by atoms with Crippen LogP contribution in [0, 0.1) is 0 Å². The van der Waals surface area contributed by atoms with E-state index in [1.54, 1.807) is 66.8 Å². The van der Waals surface area contributed by atoms with Crippen molar-refractivity contribution in [2.75, 3.05) is 94.1 Å². The number of nitrogens with one attached hydrogen (secondary N) is 6. The van der Waals surface area contributed by atoms with Crippen LogP contribution < -0.4 is 29.6 Å². The summed E-state index contributed by atoms with van der Waals surface area (Å²) in [6, 6.07) is 44.3. The second kappa shape index (κ2) is 38.3. The highest BCUT2D eigenvalue weighted by molar-refractivity contribution is 6.18. The van der Waals surface area contributed by atoms with Crippen molar-refractivity contribution in [1.82, 2.24) is 55.1 Å². The molecule has 2 saturated heterocycles. The lowest BCUT2D eigenvalue weighted by molar-refractivity contribution is -0.124. The number of piperazine rings is 1. The Kier molecular flexibility index (Phi) is 26.4. The fourth-order valence-electron chi connectivity index (χ4n) is 16.3. The number of nitrogens with zero attached hydrogens (tertiary/aromatic N) is 5. The number of ketones is 4. The zero-order chi connectivity index (χ0) is 85.1. The topological polar surface area (TPSA) is 327 Å². The first-order valence-corrected chi connectivity index (χ1v) is 41.7. The number of rotatable bonds is 25. The highest BCUT2D eigenvalue weighted by Crippen LogP contribution is 2.46. The monoisotopic (exact) mass is 1650 g/mol. The third-order valence-electron chi connectivity index (χ3n) is 23.0. The number of H-pyrrole nitrogens is 4. The number of aliphatic hydroxyl groups is 1. The minimum absolute atomic E-state index is 0.0517. The molecule has 8 aromatic carbocycles. The summed E-state index contributed by atoms with van der Waals surface area (Å²) in [7, 11) is 10.2. The number of Topliss-reactive ketones (excluding diaryl/α,β-unsaturated/α-hetero) is 4. The molecular weight excluding hydrogens is 1540 g/mol. The molecule has 0 saturated carbocycles. The summed E-state index contributed by atoms with van der Waals surface area (Å²) in [5, 5.41) is 61.6. The average Bonchev–Trinajstić information content (AvgIpc) is 1.65. The summed E-state index contributed by atoms with van der Waals surface area (Å²) in [6.45, 7) is 8.72. The number of phenols is 4. The number of ether oxygens (including phenoxy) is 4. The molecule has 10 heterocycles. The molecule has 6 aliphatic rings. The smallest absolute Gasteiger partial charge is 0.234 e. The molecule has 1 amide bonds. The van der Waals surface area contributed by atoms with E-state index in [1.807, 2.05) is 148 Å². The van der Waals surface area contributed by atoms with Crippen molar-refractivity contribution < 1.29 is 68.5 Å². The molecule has 2 fully saturated rings. The minimum Gasteiger partial charge on any atom is -0.507 e. The van der Waals surface area contributed by atoms with Crippen LogP contribution in [0.4, 0.5) is 0 Å². The number of aromatic amines is 4. The lowest BCUT2D eigenvalue weighted by Gasteiger charge is -2.29. The first-order chi connectivity index (χ1) is 59.2. The Morgan fingerprint density at radius 2 is 0.746 bits per heavy atom. The van der Waals surface area contributed by atoms with E-state index in [4.69, 9.17) is 18.9 Å². The maximum Gasteiger partial charge on any atom is 0.234 e. The van der Waals surface area contributed by atoms with Gasteiger partial charge in [-0.05, 0) is 191 Å². The van der Waals surface area contributed by atoms with Crippen LogP contribution in [0.15, 0.2) is 193 Å². The number of fused-ring (bicyclic) bond motifs is 8. The first-order valence-electron chi connectivity index (χ1n) is 41.7. The largest absolute Gasteiger partial charge is 0.507 e. The van der Waals surface area contributed by atoms with Crippen molar-refractivity contribution in [3.8, 4) is 46.0 Å². The Bertz CT molecular complexity index is 6030. The molecule has 0 unspecified atom stereocenters. The van der Waals surface area contributed by atoms with Gasteiger partial charge in [0.2, 0.25) is 29.0 Å². The average molecular weight is 1650 g/mol. The molecule has 25 nitrogen and oxygen atoms in total. The lowest BCUT2D eigenvalue weighted by atomic mass is 10.0. The van der Waals surface area contributed by atoms with Crippen LogP contribution in [0.2, 0.25) is 0 Å². The lowest BCUT2D eigenvalue weighted by Crippen LogP contribution is -2.47. The molecule has 122 heavy (non-hydrogen) atoms. The van der Waals surface area contributed by atoms with Gasteiger partial charge in [-0.1, -0.05) is 98.5 Å². The predicted octanol–water partition coefficient (Wildman–Crippen LogP) is 15.2. The van der Waals surface area contributed by atoms with Gasteiger partial charge in [0.05, 0.1) is 57.2 Å². The van der Waals surface area contributed by atoms with Gasteiger partial charge in [-0.15, -0.1) is 0 Å². The molecule has 0 aliphatic carbocycles. The van der Waals surface area contributed by atoms with E-state index in [9.17, 15) is 49.5 Å². The number of carbonyl (C=O) groups is 5. The van der Waals surface area contributed by atoms with Crippen LogP contribution in [0.5, 0.6) is 46.0 Å². The maximum absolute atomic E-state index is 13.0. The zero-order valence-corrected chi connectivity index (χ0v) is 69.3. The number of allylic oxidation sites excluding steroid dienone is 4. The summed E-state index contributed by atoms with van der Waals surface area (Å²) < 4.78 is 24.0. The van der Waals surface area contributed by atoms with Crippen LogP contribution >= 0.6 is 0 Å². The molecule has 4 aromatic heterocycles. The number of benzene rings is 8. The van der Waals surface area contributed by atoms with Crippen molar-refractivity contribution in [3.63, 3.8) is 0 Å². The Morgan fingerprint density at radius 3 is 1.11 bits per heavy atom. The molecule has 0 radical (unpaired) electrons. The number of aromatic nitrogens is 4. The molecule has 6 aliphatic heterocycles. The van der Waals surface area contributed by atoms with Crippen molar-refractivity contribution in [3.05, 3.63) is 260 Å². The maximum atomic E-state index is 13.0. The van der Waals surface area contributed by atoms with Gasteiger partial charge in [0.15, 0.2) is 23.0 Å². The molecule has 630 valence electrons. The molecule has 12 aromatic rings. The van der Waals surface area contributed by atoms with Gasteiger partial charge in [0.1, 0.15) is 46.0 Å². The highest BCUT2D eigenvalue weighted by atomic mass is 16.5. The number of likely N-dealkylation sites (tertiary alicyclic amines) is 1. The molecule has 18 rings (SSSR count). The van der Waals surface area contributed by atoms with E-state index in [0.717, 1.165) is 118 Å². The summed E-state index contributed by atoms with van der Waals surface area (Å²) >= 11 is 0. The summed E-state index contributed by atoms with van der Waals surface area (Å²) in [4.78, 5) is 86.8. The van der Waals surface area contributed by atoms with E-state index in [1.165, 1.54) is 38.2 Å². The second-order valence-electron chi connectivity index (χ2n) is 32.1. The number of unbranched alkanes of at least 4 members (excludes halogenated alkanes) is 5. The Morgan fingerprint density at radius 1 is 0.410 bits per heavy atom. The quantitative estimate of drug-likeness (QED) is 0.0187.